The van der Waals surface area contributed by atoms with Gasteiger partial charge in [0.1, 0.15) is 0 Å². The Morgan fingerprint density at radius 3 is 1.07 bits per heavy atom. The lowest BCUT2D eigenvalue weighted by Gasteiger charge is -2.12. The van der Waals surface area contributed by atoms with Crippen LogP contribution in [0.5, 0.6) is 0 Å². The number of aromatic nitrogens is 2. The van der Waals surface area contributed by atoms with Crippen LogP contribution in [0.3, 0.4) is 0 Å². The predicted molar refractivity (Wildman–Crippen MR) is 237 cm³/mol. The summed E-state index contributed by atoms with van der Waals surface area (Å²) in [4.78, 5) is 0. The number of para-hydroxylation sites is 2. The molecule has 0 aliphatic heterocycles. The van der Waals surface area contributed by atoms with Gasteiger partial charge in [0.2, 0.25) is 0 Å². The topological polar surface area (TPSA) is 9.86 Å². The van der Waals surface area contributed by atoms with Crippen LogP contribution < -0.4 is 0 Å². The smallest absolute Gasteiger partial charge is 0.0547 e. The molecule has 0 unspecified atom stereocenters. The molecule has 9 aromatic carbocycles. The molecule has 0 radical (unpaired) electrons. The molecule has 11 rings (SSSR count). The minimum absolute atomic E-state index is 1.15. The Hall–Kier alpha value is -7.42. The standard InChI is InChI=1S/C54H36N2/c1-3-16-37(17-4-1)39-20-12-24-43(35-39)55-49-30-9-7-26-47(49)53-45(28-14-32-51(53)55)41-22-11-23-42(34-41)46-29-15-33-52-54(46)48-27-8-10-31-50(48)56(52)44-25-13-21-40(36-44)38-18-5-2-6-19-38/h1-36H. The van der Waals surface area contributed by atoms with Gasteiger partial charge in [-0.1, -0.05) is 164 Å². The van der Waals surface area contributed by atoms with Crippen LogP contribution in [0.25, 0.3) is 99.5 Å². The molecule has 262 valence electrons. The maximum absolute atomic E-state index is 2.42. The lowest BCUT2D eigenvalue weighted by molar-refractivity contribution is 1.18. The van der Waals surface area contributed by atoms with E-state index < -0.39 is 0 Å². The SMILES string of the molecule is c1ccc(-c2cccc(-n3c4ccccc4c4c(-c5cccc(-c6cccc7c6c6ccccc6n7-c6cccc(-c7ccccc7)c6)c5)cccc43)c2)cc1. The van der Waals surface area contributed by atoms with Gasteiger partial charge in [0.25, 0.3) is 0 Å². The first-order valence-corrected chi connectivity index (χ1v) is 19.3. The van der Waals surface area contributed by atoms with Gasteiger partial charge < -0.3 is 9.13 Å². The summed E-state index contributed by atoms with van der Waals surface area (Å²) < 4.78 is 4.85. The molecule has 2 aromatic heterocycles. The summed E-state index contributed by atoms with van der Waals surface area (Å²) >= 11 is 0. The monoisotopic (exact) mass is 712 g/mol. The number of nitrogens with zero attached hydrogens (tertiary/aromatic N) is 2. The number of fused-ring (bicyclic) bond motifs is 6. The van der Waals surface area contributed by atoms with Gasteiger partial charge in [0, 0.05) is 32.9 Å². The third-order valence-electron chi connectivity index (χ3n) is 11.3. The van der Waals surface area contributed by atoms with Gasteiger partial charge in [-0.15, -0.1) is 0 Å². The molecule has 0 bridgehead atoms. The molecule has 2 heteroatoms. The van der Waals surface area contributed by atoms with Gasteiger partial charge in [0.15, 0.2) is 0 Å². The van der Waals surface area contributed by atoms with Gasteiger partial charge in [-0.3, -0.25) is 0 Å². The second kappa shape index (κ2) is 13.2. The lowest BCUT2D eigenvalue weighted by atomic mass is 9.94. The Labute approximate surface area is 325 Å². The molecular formula is C54H36N2. The van der Waals surface area contributed by atoms with Crippen molar-refractivity contribution in [2.75, 3.05) is 0 Å². The molecule has 2 heterocycles. The zero-order chi connectivity index (χ0) is 37.0. The Morgan fingerprint density at radius 2 is 0.589 bits per heavy atom. The van der Waals surface area contributed by atoms with Crippen molar-refractivity contribution < 1.29 is 0 Å². The summed E-state index contributed by atoms with van der Waals surface area (Å²) in [6.45, 7) is 0. The highest BCUT2D eigenvalue weighted by Crippen LogP contribution is 2.42. The average molecular weight is 713 g/mol. The van der Waals surface area contributed by atoms with E-state index >= 15 is 0 Å². The number of hydrogen-bond donors (Lipinski definition) is 0. The van der Waals surface area contributed by atoms with Gasteiger partial charge in [-0.2, -0.15) is 0 Å². The van der Waals surface area contributed by atoms with E-state index in [0.717, 1.165) is 11.4 Å². The molecule has 0 fully saturated rings. The first-order valence-electron chi connectivity index (χ1n) is 19.3. The first kappa shape index (κ1) is 32.0. The fraction of sp³-hybridized carbons (Fsp3) is 0. The predicted octanol–water partition coefficient (Wildman–Crippen LogP) is 14.5. The van der Waals surface area contributed by atoms with Crippen molar-refractivity contribution in [3.63, 3.8) is 0 Å². The van der Waals surface area contributed by atoms with Crippen LogP contribution in [-0.4, -0.2) is 9.13 Å². The van der Waals surface area contributed by atoms with Crippen LogP contribution >= 0.6 is 0 Å². The average Bonchev–Trinajstić information content (AvgIpc) is 3.80. The molecule has 0 aliphatic carbocycles. The summed E-state index contributed by atoms with van der Waals surface area (Å²) in [6, 6.07) is 79.3. The molecular weight excluding hydrogens is 677 g/mol. The second-order valence-corrected chi connectivity index (χ2v) is 14.5. The van der Waals surface area contributed by atoms with Crippen LogP contribution in [0.1, 0.15) is 0 Å². The quantitative estimate of drug-likeness (QED) is 0.162. The fourth-order valence-corrected chi connectivity index (χ4v) is 8.84. The molecule has 0 amide bonds. The van der Waals surface area contributed by atoms with Crippen LogP contribution in [0.4, 0.5) is 0 Å². The largest absolute Gasteiger partial charge is 0.309 e. The highest BCUT2D eigenvalue weighted by Gasteiger charge is 2.19. The second-order valence-electron chi connectivity index (χ2n) is 14.5. The molecule has 2 nitrogen and oxygen atoms in total. The lowest BCUT2D eigenvalue weighted by Crippen LogP contribution is -1.94. The molecule has 0 aliphatic rings. The summed E-state index contributed by atoms with van der Waals surface area (Å²) in [7, 11) is 0. The van der Waals surface area contributed by atoms with Crippen LogP contribution in [0.2, 0.25) is 0 Å². The van der Waals surface area contributed by atoms with E-state index in [1.165, 1.54) is 88.1 Å². The Morgan fingerprint density at radius 1 is 0.232 bits per heavy atom. The molecule has 0 spiro atoms. The fourth-order valence-electron chi connectivity index (χ4n) is 8.84. The van der Waals surface area contributed by atoms with E-state index in [-0.39, 0.29) is 0 Å². The summed E-state index contributed by atoms with van der Waals surface area (Å²) in [5.41, 5.74) is 16.8. The van der Waals surface area contributed by atoms with Crippen molar-refractivity contribution in [3.05, 3.63) is 218 Å². The first-order chi connectivity index (χ1) is 27.8. The Balaban J connectivity index is 1.08. The molecule has 56 heavy (non-hydrogen) atoms. The molecule has 0 N–H and O–H groups in total. The zero-order valence-electron chi connectivity index (χ0n) is 30.7. The minimum Gasteiger partial charge on any atom is -0.309 e. The van der Waals surface area contributed by atoms with Crippen LogP contribution in [0.15, 0.2) is 218 Å². The normalized spacial score (nSPS) is 11.6. The van der Waals surface area contributed by atoms with E-state index in [1.54, 1.807) is 0 Å². The number of hydrogen-bond acceptors (Lipinski definition) is 0. The maximum Gasteiger partial charge on any atom is 0.0547 e. The van der Waals surface area contributed by atoms with Gasteiger partial charge in [-0.25, -0.2) is 0 Å². The summed E-state index contributed by atoms with van der Waals surface area (Å²) in [5.74, 6) is 0. The van der Waals surface area contributed by atoms with Crippen molar-refractivity contribution in [3.8, 4) is 55.9 Å². The molecule has 0 saturated heterocycles. The third-order valence-corrected chi connectivity index (χ3v) is 11.3. The molecule has 0 saturated carbocycles. The zero-order valence-corrected chi connectivity index (χ0v) is 30.7. The Kier molecular flexibility index (Phi) is 7.53. The summed E-state index contributed by atoms with van der Waals surface area (Å²) in [6.07, 6.45) is 0. The van der Waals surface area contributed by atoms with Crippen LogP contribution in [0, 0.1) is 0 Å². The van der Waals surface area contributed by atoms with E-state index in [0.29, 0.717) is 0 Å². The van der Waals surface area contributed by atoms with E-state index in [1.807, 2.05) is 0 Å². The maximum atomic E-state index is 2.42. The van der Waals surface area contributed by atoms with Crippen molar-refractivity contribution in [2.24, 2.45) is 0 Å². The van der Waals surface area contributed by atoms with Gasteiger partial charge >= 0.3 is 0 Å². The highest BCUT2D eigenvalue weighted by atomic mass is 15.0. The third kappa shape index (κ3) is 5.19. The molecule has 11 aromatic rings. The highest BCUT2D eigenvalue weighted by molar-refractivity contribution is 6.17. The van der Waals surface area contributed by atoms with E-state index in [2.05, 4.69) is 228 Å². The van der Waals surface area contributed by atoms with Crippen molar-refractivity contribution in [2.45, 2.75) is 0 Å². The number of benzene rings is 9. The van der Waals surface area contributed by atoms with E-state index in [4.69, 9.17) is 0 Å². The minimum atomic E-state index is 1.15. The van der Waals surface area contributed by atoms with Crippen molar-refractivity contribution >= 4 is 43.6 Å². The molecule has 0 atom stereocenters. The van der Waals surface area contributed by atoms with Crippen LogP contribution in [-0.2, 0) is 0 Å². The van der Waals surface area contributed by atoms with E-state index in [9.17, 15) is 0 Å². The van der Waals surface area contributed by atoms with Crippen molar-refractivity contribution in [1.82, 2.24) is 9.13 Å². The van der Waals surface area contributed by atoms with Gasteiger partial charge in [0.05, 0.1) is 22.1 Å². The summed E-state index contributed by atoms with van der Waals surface area (Å²) in [5, 5.41) is 5.02. The number of rotatable bonds is 6. The van der Waals surface area contributed by atoms with Gasteiger partial charge in [-0.05, 0) is 99.1 Å². The van der Waals surface area contributed by atoms with Crippen molar-refractivity contribution in [1.29, 1.82) is 0 Å². The Bertz CT molecular complexity index is 3020.